The fourth-order valence-corrected chi connectivity index (χ4v) is 2.10. The number of ether oxygens (including phenoxy) is 1. The van der Waals surface area contributed by atoms with Gasteiger partial charge < -0.3 is 10.1 Å². The summed E-state index contributed by atoms with van der Waals surface area (Å²) in [6, 6.07) is 12.6. The van der Waals surface area contributed by atoms with E-state index < -0.39 is 0 Å². The Morgan fingerprint density at radius 1 is 1.32 bits per heavy atom. The van der Waals surface area contributed by atoms with Crippen LogP contribution in [0.3, 0.4) is 0 Å². The maximum atomic E-state index is 11.6. The molecule has 96 valence electrons. The van der Waals surface area contributed by atoms with E-state index in [9.17, 15) is 4.79 Å². The van der Waals surface area contributed by atoms with Crippen LogP contribution in [-0.4, -0.2) is 12.5 Å². The summed E-state index contributed by atoms with van der Waals surface area (Å²) in [5, 5.41) is 13.3. The Morgan fingerprint density at radius 3 is 2.74 bits per heavy atom. The van der Waals surface area contributed by atoms with Gasteiger partial charge in [-0.15, -0.1) is 11.3 Å². The van der Waals surface area contributed by atoms with Crippen LogP contribution in [0.15, 0.2) is 41.8 Å². The lowest BCUT2D eigenvalue weighted by atomic mass is 10.2. The van der Waals surface area contributed by atoms with E-state index >= 15 is 0 Å². The number of anilines is 1. The van der Waals surface area contributed by atoms with Gasteiger partial charge in [-0.05, 0) is 35.7 Å². The van der Waals surface area contributed by atoms with Crippen molar-refractivity contribution in [3.8, 4) is 6.07 Å². The lowest BCUT2D eigenvalue weighted by molar-refractivity contribution is -0.120. The van der Waals surface area contributed by atoms with Gasteiger partial charge in [0.15, 0.2) is 0 Å². The molecule has 0 saturated heterocycles. The Bertz CT molecular complexity index is 570. The molecule has 0 aliphatic carbocycles. The van der Waals surface area contributed by atoms with Gasteiger partial charge in [0.25, 0.3) is 0 Å². The molecule has 0 unspecified atom stereocenters. The van der Waals surface area contributed by atoms with Crippen LogP contribution in [0.25, 0.3) is 0 Å². The average molecular weight is 272 g/mol. The molecule has 1 amide bonds. The monoisotopic (exact) mass is 272 g/mol. The first-order valence-corrected chi connectivity index (χ1v) is 6.56. The molecule has 0 aliphatic heterocycles. The molecular formula is C14H12N2O2S. The predicted molar refractivity (Wildman–Crippen MR) is 73.8 cm³/mol. The minimum atomic E-state index is -0.207. The zero-order valence-corrected chi connectivity index (χ0v) is 10.9. The van der Waals surface area contributed by atoms with Crippen LogP contribution >= 0.6 is 11.3 Å². The molecule has 0 bridgehead atoms. The van der Waals surface area contributed by atoms with Crippen molar-refractivity contribution >= 4 is 22.9 Å². The van der Waals surface area contributed by atoms with Crippen LogP contribution in [-0.2, 0) is 16.1 Å². The maximum absolute atomic E-state index is 11.6. The summed E-state index contributed by atoms with van der Waals surface area (Å²) >= 11 is 1.60. The number of nitrogens with one attached hydrogen (secondary N) is 1. The van der Waals surface area contributed by atoms with Crippen molar-refractivity contribution in [3.63, 3.8) is 0 Å². The molecule has 4 nitrogen and oxygen atoms in total. The predicted octanol–water partition coefficient (Wildman–Crippen LogP) is 2.78. The highest BCUT2D eigenvalue weighted by atomic mass is 32.1. The summed E-state index contributed by atoms with van der Waals surface area (Å²) in [6.45, 7) is 0.455. The topological polar surface area (TPSA) is 62.1 Å². The first kappa shape index (κ1) is 13.3. The van der Waals surface area contributed by atoms with Crippen molar-refractivity contribution in [2.24, 2.45) is 0 Å². The third kappa shape index (κ3) is 4.21. The van der Waals surface area contributed by atoms with Crippen LogP contribution in [0, 0.1) is 11.3 Å². The van der Waals surface area contributed by atoms with Crippen molar-refractivity contribution in [2.45, 2.75) is 6.61 Å². The van der Waals surface area contributed by atoms with Crippen LogP contribution in [0.5, 0.6) is 0 Å². The van der Waals surface area contributed by atoms with Crippen molar-refractivity contribution in [1.29, 1.82) is 5.26 Å². The molecule has 0 aliphatic rings. The average Bonchev–Trinajstić information content (AvgIpc) is 2.93. The zero-order chi connectivity index (χ0) is 13.5. The van der Waals surface area contributed by atoms with Gasteiger partial charge in [-0.25, -0.2) is 0 Å². The first-order chi connectivity index (χ1) is 9.28. The summed E-state index contributed by atoms with van der Waals surface area (Å²) in [5.74, 6) is -0.207. The van der Waals surface area contributed by atoms with E-state index in [0.717, 1.165) is 4.88 Å². The van der Waals surface area contributed by atoms with E-state index in [-0.39, 0.29) is 12.5 Å². The number of hydrogen-bond acceptors (Lipinski definition) is 4. The molecule has 0 radical (unpaired) electrons. The van der Waals surface area contributed by atoms with E-state index in [4.69, 9.17) is 10.00 Å². The number of thiophene rings is 1. The van der Waals surface area contributed by atoms with Gasteiger partial charge >= 0.3 is 0 Å². The summed E-state index contributed by atoms with van der Waals surface area (Å²) in [6.07, 6.45) is 0. The van der Waals surface area contributed by atoms with E-state index in [1.54, 1.807) is 35.6 Å². The third-order valence-electron chi connectivity index (χ3n) is 2.36. The van der Waals surface area contributed by atoms with Crippen molar-refractivity contribution in [2.75, 3.05) is 11.9 Å². The highest BCUT2D eigenvalue weighted by Gasteiger charge is 2.03. The number of hydrogen-bond donors (Lipinski definition) is 1. The first-order valence-electron chi connectivity index (χ1n) is 5.68. The van der Waals surface area contributed by atoms with Gasteiger partial charge in [0.1, 0.15) is 6.61 Å². The number of nitrogens with zero attached hydrogens (tertiary/aromatic N) is 1. The highest BCUT2D eigenvalue weighted by Crippen LogP contribution is 2.10. The van der Waals surface area contributed by atoms with Gasteiger partial charge in [0.2, 0.25) is 5.91 Å². The van der Waals surface area contributed by atoms with E-state index in [2.05, 4.69) is 5.32 Å². The standard InChI is InChI=1S/C14H12N2O2S/c15-8-11-3-5-12(6-4-11)16-14(17)10-18-9-13-2-1-7-19-13/h1-7H,9-10H2,(H,16,17). The summed E-state index contributed by atoms with van der Waals surface area (Å²) in [7, 11) is 0. The number of nitriles is 1. The molecule has 1 aromatic carbocycles. The second kappa shape index (κ2) is 6.69. The molecule has 0 spiro atoms. The van der Waals surface area contributed by atoms with Crippen molar-refractivity contribution in [3.05, 3.63) is 52.2 Å². The minimum Gasteiger partial charge on any atom is -0.366 e. The van der Waals surface area contributed by atoms with Crippen molar-refractivity contribution < 1.29 is 9.53 Å². The SMILES string of the molecule is N#Cc1ccc(NC(=O)COCc2cccs2)cc1. The molecule has 2 aromatic rings. The zero-order valence-electron chi connectivity index (χ0n) is 10.1. The molecule has 5 heteroatoms. The lowest BCUT2D eigenvalue weighted by Gasteiger charge is -2.05. The fraction of sp³-hybridized carbons (Fsp3) is 0.143. The van der Waals surface area contributed by atoms with Crippen LogP contribution in [0.1, 0.15) is 10.4 Å². The minimum absolute atomic E-state index is 0.0118. The third-order valence-corrected chi connectivity index (χ3v) is 3.21. The van der Waals surface area contributed by atoms with E-state index in [1.165, 1.54) is 0 Å². The summed E-state index contributed by atoms with van der Waals surface area (Å²) in [4.78, 5) is 12.7. The normalized spacial score (nSPS) is 9.84. The Balaban J connectivity index is 1.76. The van der Waals surface area contributed by atoms with E-state index in [0.29, 0.717) is 17.9 Å². The molecule has 19 heavy (non-hydrogen) atoms. The second-order valence-electron chi connectivity index (χ2n) is 3.81. The van der Waals surface area contributed by atoms with Gasteiger partial charge in [-0.1, -0.05) is 6.07 Å². The number of carbonyl (C=O) groups is 1. The number of benzene rings is 1. The molecule has 1 heterocycles. The van der Waals surface area contributed by atoms with Crippen LogP contribution < -0.4 is 5.32 Å². The Morgan fingerprint density at radius 2 is 2.11 bits per heavy atom. The fourth-order valence-electron chi connectivity index (χ4n) is 1.46. The smallest absolute Gasteiger partial charge is 0.250 e. The molecule has 0 saturated carbocycles. The Kier molecular flexibility index (Phi) is 4.67. The van der Waals surface area contributed by atoms with Crippen molar-refractivity contribution in [1.82, 2.24) is 0 Å². The molecule has 0 fully saturated rings. The Hall–Kier alpha value is -2.16. The molecule has 0 atom stereocenters. The molecule has 1 N–H and O–H groups in total. The van der Waals surface area contributed by atoms with Crippen LogP contribution in [0.2, 0.25) is 0 Å². The summed E-state index contributed by atoms with van der Waals surface area (Å²) in [5.41, 5.74) is 1.22. The number of carbonyl (C=O) groups excluding carboxylic acids is 1. The highest BCUT2D eigenvalue weighted by molar-refractivity contribution is 7.09. The van der Waals surface area contributed by atoms with Gasteiger partial charge in [-0.3, -0.25) is 4.79 Å². The van der Waals surface area contributed by atoms with Gasteiger partial charge in [-0.2, -0.15) is 5.26 Å². The molecular weight excluding hydrogens is 260 g/mol. The lowest BCUT2D eigenvalue weighted by Crippen LogP contribution is -2.18. The Labute approximate surface area is 115 Å². The maximum Gasteiger partial charge on any atom is 0.250 e. The largest absolute Gasteiger partial charge is 0.366 e. The molecule has 1 aromatic heterocycles. The van der Waals surface area contributed by atoms with E-state index in [1.807, 2.05) is 23.6 Å². The van der Waals surface area contributed by atoms with Crippen LogP contribution in [0.4, 0.5) is 5.69 Å². The van der Waals surface area contributed by atoms with Gasteiger partial charge in [0.05, 0.1) is 18.2 Å². The number of amides is 1. The summed E-state index contributed by atoms with van der Waals surface area (Å²) < 4.78 is 5.30. The van der Waals surface area contributed by atoms with Gasteiger partial charge in [0, 0.05) is 10.6 Å². The second-order valence-corrected chi connectivity index (χ2v) is 4.84. The number of rotatable bonds is 5. The quantitative estimate of drug-likeness (QED) is 0.910. The molecule has 2 rings (SSSR count).